The fraction of sp³-hybridized carbons (Fsp3) is 0.333. The number of hydrogen-bond donors (Lipinski definition) is 1. The third-order valence-corrected chi connectivity index (χ3v) is 3.14. The van der Waals surface area contributed by atoms with Gasteiger partial charge in [0.2, 0.25) is 0 Å². The van der Waals surface area contributed by atoms with Crippen LogP contribution in [-0.2, 0) is 0 Å². The van der Waals surface area contributed by atoms with E-state index < -0.39 is 0 Å². The zero-order valence-electron chi connectivity index (χ0n) is 11.4. The Balaban J connectivity index is 2.39. The van der Waals surface area contributed by atoms with Crippen LogP contribution in [0.15, 0.2) is 24.3 Å². The summed E-state index contributed by atoms with van der Waals surface area (Å²) in [6.45, 7) is 9.27. The van der Waals surface area contributed by atoms with Gasteiger partial charge in [-0.1, -0.05) is 6.07 Å². The minimum atomic E-state index is 0.822. The summed E-state index contributed by atoms with van der Waals surface area (Å²) in [6.07, 6.45) is 0. The van der Waals surface area contributed by atoms with Crippen molar-refractivity contribution in [3.8, 4) is 11.3 Å². The monoisotopic (exact) mass is 241 g/mol. The van der Waals surface area contributed by atoms with E-state index in [-0.39, 0.29) is 0 Å². The van der Waals surface area contributed by atoms with Crippen molar-refractivity contribution in [2.24, 2.45) is 0 Å². The third kappa shape index (κ3) is 2.50. The highest BCUT2D eigenvalue weighted by atomic mass is 15.2. The molecule has 1 heterocycles. The first kappa shape index (κ1) is 12.6. The van der Waals surface area contributed by atoms with Crippen LogP contribution in [0.3, 0.4) is 0 Å². The van der Waals surface area contributed by atoms with Crippen molar-refractivity contribution in [2.75, 3.05) is 11.9 Å². The average molecular weight is 241 g/mol. The molecule has 2 aromatic rings. The Morgan fingerprint density at radius 2 is 1.67 bits per heavy atom. The molecule has 0 aliphatic rings. The molecule has 0 amide bonds. The van der Waals surface area contributed by atoms with Crippen LogP contribution in [0.4, 0.5) is 5.82 Å². The van der Waals surface area contributed by atoms with Crippen molar-refractivity contribution in [1.29, 1.82) is 0 Å². The first-order chi connectivity index (χ1) is 8.61. The predicted molar refractivity (Wildman–Crippen MR) is 75.8 cm³/mol. The lowest BCUT2D eigenvalue weighted by Gasteiger charge is -2.09. The molecule has 18 heavy (non-hydrogen) atoms. The highest BCUT2D eigenvalue weighted by molar-refractivity contribution is 5.65. The van der Waals surface area contributed by atoms with E-state index in [1.54, 1.807) is 0 Å². The van der Waals surface area contributed by atoms with Gasteiger partial charge < -0.3 is 5.32 Å². The second-order valence-electron chi connectivity index (χ2n) is 4.59. The lowest BCUT2D eigenvalue weighted by Crippen LogP contribution is -2.01. The summed E-state index contributed by atoms with van der Waals surface area (Å²) < 4.78 is 0. The Hall–Kier alpha value is -1.90. The molecule has 0 unspecified atom stereocenters. The van der Waals surface area contributed by atoms with Crippen molar-refractivity contribution >= 4 is 5.82 Å². The Labute approximate surface area is 108 Å². The van der Waals surface area contributed by atoms with Gasteiger partial charge in [-0.3, -0.25) is 0 Å². The fourth-order valence-electron chi connectivity index (χ4n) is 1.99. The van der Waals surface area contributed by atoms with Crippen LogP contribution in [0.1, 0.15) is 23.6 Å². The maximum Gasteiger partial charge on any atom is 0.148 e. The molecule has 3 nitrogen and oxygen atoms in total. The topological polar surface area (TPSA) is 37.8 Å². The van der Waals surface area contributed by atoms with Gasteiger partial charge in [-0.2, -0.15) is 0 Å². The van der Waals surface area contributed by atoms with Crippen LogP contribution in [0, 0.1) is 20.8 Å². The lowest BCUT2D eigenvalue weighted by molar-refractivity contribution is 1.02. The summed E-state index contributed by atoms with van der Waals surface area (Å²) in [5.74, 6) is 0.822. The largest absolute Gasteiger partial charge is 0.369 e. The van der Waals surface area contributed by atoms with Crippen molar-refractivity contribution in [3.63, 3.8) is 0 Å². The number of aryl methyl sites for hydroxylation is 3. The molecule has 2 rings (SSSR count). The zero-order valence-corrected chi connectivity index (χ0v) is 11.4. The minimum absolute atomic E-state index is 0.822. The van der Waals surface area contributed by atoms with E-state index in [2.05, 4.69) is 48.4 Å². The third-order valence-electron chi connectivity index (χ3n) is 3.14. The van der Waals surface area contributed by atoms with Gasteiger partial charge in [0.15, 0.2) is 0 Å². The molecule has 0 aliphatic carbocycles. The van der Waals surface area contributed by atoms with Crippen LogP contribution >= 0.6 is 0 Å². The highest BCUT2D eigenvalue weighted by Gasteiger charge is 2.06. The summed E-state index contributed by atoms with van der Waals surface area (Å²) in [4.78, 5) is 0. The first-order valence-corrected chi connectivity index (χ1v) is 6.27. The van der Waals surface area contributed by atoms with Crippen molar-refractivity contribution in [3.05, 3.63) is 41.0 Å². The molecule has 94 valence electrons. The van der Waals surface area contributed by atoms with Gasteiger partial charge in [0, 0.05) is 12.1 Å². The summed E-state index contributed by atoms with van der Waals surface area (Å²) >= 11 is 0. The van der Waals surface area contributed by atoms with E-state index in [1.165, 1.54) is 16.7 Å². The molecule has 0 saturated heterocycles. The van der Waals surface area contributed by atoms with Gasteiger partial charge in [0.1, 0.15) is 5.82 Å². The lowest BCUT2D eigenvalue weighted by atomic mass is 9.99. The quantitative estimate of drug-likeness (QED) is 0.893. The van der Waals surface area contributed by atoms with Crippen LogP contribution in [0.5, 0.6) is 0 Å². The average Bonchev–Trinajstić information content (AvgIpc) is 2.35. The Morgan fingerprint density at radius 3 is 2.28 bits per heavy atom. The van der Waals surface area contributed by atoms with Gasteiger partial charge >= 0.3 is 0 Å². The zero-order chi connectivity index (χ0) is 13.1. The SMILES string of the molecule is CCNc1ccc(-c2cc(C)c(C)cc2C)nn1. The van der Waals surface area contributed by atoms with Gasteiger partial charge in [0.05, 0.1) is 5.69 Å². The summed E-state index contributed by atoms with van der Waals surface area (Å²) in [7, 11) is 0. The smallest absolute Gasteiger partial charge is 0.148 e. The maximum absolute atomic E-state index is 4.29. The van der Waals surface area contributed by atoms with Crippen molar-refractivity contribution < 1.29 is 0 Å². The molecule has 1 N–H and O–H groups in total. The molecule has 3 heteroatoms. The fourth-order valence-corrected chi connectivity index (χ4v) is 1.99. The Kier molecular flexibility index (Phi) is 3.60. The van der Waals surface area contributed by atoms with E-state index in [4.69, 9.17) is 0 Å². The first-order valence-electron chi connectivity index (χ1n) is 6.27. The highest BCUT2D eigenvalue weighted by Crippen LogP contribution is 2.24. The van der Waals surface area contributed by atoms with Gasteiger partial charge in [-0.25, -0.2) is 0 Å². The summed E-state index contributed by atoms with van der Waals surface area (Å²) in [5.41, 5.74) is 5.93. The number of rotatable bonds is 3. The molecular weight excluding hydrogens is 222 g/mol. The molecular formula is C15H19N3. The van der Waals surface area contributed by atoms with Crippen LogP contribution in [0.25, 0.3) is 11.3 Å². The molecule has 0 radical (unpaired) electrons. The number of benzene rings is 1. The molecule has 0 aliphatic heterocycles. The number of hydrogen-bond acceptors (Lipinski definition) is 3. The second kappa shape index (κ2) is 5.17. The predicted octanol–water partition coefficient (Wildman–Crippen LogP) is 3.50. The second-order valence-corrected chi connectivity index (χ2v) is 4.59. The van der Waals surface area contributed by atoms with E-state index in [0.29, 0.717) is 0 Å². The molecule has 0 spiro atoms. The van der Waals surface area contributed by atoms with Crippen LogP contribution in [-0.4, -0.2) is 16.7 Å². The number of nitrogens with zero attached hydrogens (tertiary/aromatic N) is 2. The standard InChI is InChI=1S/C15H19N3/c1-5-16-15-7-6-14(17-18-15)13-9-11(3)10(2)8-12(13)4/h6-9H,5H2,1-4H3,(H,16,18). The summed E-state index contributed by atoms with van der Waals surface area (Å²) in [6, 6.07) is 8.37. The minimum Gasteiger partial charge on any atom is -0.369 e. The summed E-state index contributed by atoms with van der Waals surface area (Å²) in [5, 5.41) is 11.6. The molecule has 0 atom stereocenters. The molecule has 1 aromatic carbocycles. The van der Waals surface area contributed by atoms with Gasteiger partial charge in [0.25, 0.3) is 0 Å². The van der Waals surface area contributed by atoms with Crippen LogP contribution in [0.2, 0.25) is 0 Å². The Bertz CT molecular complexity index is 544. The number of anilines is 1. The van der Waals surface area contributed by atoms with Gasteiger partial charge in [-0.05, 0) is 62.6 Å². The van der Waals surface area contributed by atoms with E-state index in [1.807, 2.05) is 19.1 Å². The normalized spacial score (nSPS) is 10.4. The van der Waals surface area contributed by atoms with Gasteiger partial charge in [-0.15, -0.1) is 10.2 Å². The van der Waals surface area contributed by atoms with E-state index >= 15 is 0 Å². The van der Waals surface area contributed by atoms with E-state index in [0.717, 1.165) is 23.6 Å². The van der Waals surface area contributed by atoms with E-state index in [9.17, 15) is 0 Å². The maximum atomic E-state index is 4.29. The molecule has 1 aromatic heterocycles. The number of aromatic nitrogens is 2. The molecule has 0 bridgehead atoms. The Morgan fingerprint density at radius 1 is 0.944 bits per heavy atom. The van der Waals surface area contributed by atoms with Crippen LogP contribution < -0.4 is 5.32 Å². The molecule has 0 saturated carbocycles. The van der Waals surface area contributed by atoms with Crippen molar-refractivity contribution in [1.82, 2.24) is 10.2 Å². The van der Waals surface area contributed by atoms with Crippen molar-refractivity contribution in [2.45, 2.75) is 27.7 Å². The number of nitrogens with one attached hydrogen (secondary N) is 1. The molecule has 0 fully saturated rings.